The van der Waals surface area contributed by atoms with Gasteiger partial charge in [-0.15, -0.1) is 6.42 Å². The Kier molecular flexibility index (Phi) is 7.69. The molecule has 3 aromatic rings. The first-order valence-corrected chi connectivity index (χ1v) is 11.4. The lowest BCUT2D eigenvalue weighted by molar-refractivity contribution is 0.0241. The van der Waals surface area contributed by atoms with E-state index < -0.39 is 6.10 Å². The number of para-hydroxylation sites is 1. The minimum atomic E-state index is -0.621. The Morgan fingerprint density at radius 3 is 2.61 bits per heavy atom. The smallest absolute Gasteiger partial charge is 0.227 e. The van der Waals surface area contributed by atoms with Crippen molar-refractivity contribution in [2.45, 2.75) is 38.5 Å². The highest BCUT2D eigenvalue weighted by Gasteiger charge is 2.32. The van der Waals surface area contributed by atoms with Gasteiger partial charge in [-0.2, -0.15) is 5.10 Å². The highest BCUT2D eigenvalue weighted by molar-refractivity contribution is 6.30. The number of terminal acetylenes is 1. The van der Waals surface area contributed by atoms with Gasteiger partial charge in [-0.25, -0.2) is 4.68 Å². The second-order valence-corrected chi connectivity index (χ2v) is 8.64. The zero-order valence-electron chi connectivity index (χ0n) is 18.7. The number of ether oxygens (including phenoxy) is 2. The minimum Gasteiger partial charge on any atom is -0.439 e. The van der Waals surface area contributed by atoms with Crippen molar-refractivity contribution in [1.82, 2.24) is 14.7 Å². The fourth-order valence-electron chi connectivity index (χ4n) is 3.75. The van der Waals surface area contributed by atoms with Crippen LogP contribution in [0.15, 0.2) is 54.6 Å². The predicted molar refractivity (Wildman–Crippen MR) is 129 cm³/mol. The second kappa shape index (κ2) is 10.9. The van der Waals surface area contributed by atoms with Crippen molar-refractivity contribution in [3.8, 4) is 29.7 Å². The molecule has 1 heterocycles. The Morgan fingerprint density at radius 2 is 1.94 bits per heavy atom. The number of hydrogen-bond donors (Lipinski definition) is 1. The highest BCUT2D eigenvalue weighted by Crippen LogP contribution is 2.35. The van der Waals surface area contributed by atoms with Crippen LogP contribution in [0.3, 0.4) is 0 Å². The van der Waals surface area contributed by atoms with E-state index in [2.05, 4.69) is 10.8 Å². The van der Waals surface area contributed by atoms with E-state index in [0.29, 0.717) is 35.8 Å². The minimum absolute atomic E-state index is 0.197. The number of rotatable bonds is 11. The molecule has 33 heavy (non-hydrogen) atoms. The third-order valence-electron chi connectivity index (χ3n) is 5.53. The fourth-order valence-corrected chi connectivity index (χ4v) is 3.87. The van der Waals surface area contributed by atoms with Crippen molar-refractivity contribution in [3.63, 3.8) is 0 Å². The van der Waals surface area contributed by atoms with Crippen molar-refractivity contribution < 1.29 is 14.6 Å². The summed E-state index contributed by atoms with van der Waals surface area (Å²) < 4.78 is 13.5. The summed E-state index contributed by atoms with van der Waals surface area (Å²) in [4.78, 5) is 2.28. The van der Waals surface area contributed by atoms with Crippen molar-refractivity contribution in [2.75, 3.05) is 19.8 Å². The molecule has 1 fully saturated rings. The molecular weight excluding hydrogens is 438 g/mol. The van der Waals surface area contributed by atoms with Gasteiger partial charge in [0.1, 0.15) is 12.4 Å². The molecule has 0 unspecified atom stereocenters. The Morgan fingerprint density at radius 1 is 1.21 bits per heavy atom. The van der Waals surface area contributed by atoms with Gasteiger partial charge in [0.15, 0.2) is 0 Å². The summed E-state index contributed by atoms with van der Waals surface area (Å²) in [5.74, 6) is 3.76. The monoisotopic (exact) mass is 465 g/mol. The van der Waals surface area contributed by atoms with Crippen LogP contribution in [0.25, 0.3) is 5.69 Å². The van der Waals surface area contributed by atoms with Crippen LogP contribution >= 0.6 is 11.6 Å². The Bertz CT molecular complexity index is 1090. The maximum absolute atomic E-state index is 10.5. The lowest BCUT2D eigenvalue weighted by Crippen LogP contribution is -2.36. The van der Waals surface area contributed by atoms with E-state index in [9.17, 15) is 5.11 Å². The summed E-state index contributed by atoms with van der Waals surface area (Å²) in [5.41, 5.74) is 2.78. The molecule has 6 nitrogen and oxygen atoms in total. The van der Waals surface area contributed by atoms with Crippen molar-refractivity contribution in [1.29, 1.82) is 0 Å². The average Bonchev–Trinajstić information content (AvgIpc) is 3.62. The van der Waals surface area contributed by atoms with Crippen LogP contribution in [0, 0.1) is 19.3 Å². The molecule has 1 aliphatic rings. The van der Waals surface area contributed by atoms with Gasteiger partial charge in [-0.3, -0.25) is 4.90 Å². The zero-order chi connectivity index (χ0) is 23.2. The molecule has 1 saturated carbocycles. The standard InChI is InChI=1S/C26H28ClN3O3/c1-3-15-32-18-23(31)16-29(21-11-12-21)17-25-19(2)28-30(22-7-5-4-6-8-22)26(25)33-24-13-9-20(27)10-14-24/h1,4-10,13-14,21,23,31H,11-12,15-18H2,2H3/t23-/m1/s1. The lowest BCUT2D eigenvalue weighted by Gasteiger charge is -2.25. The van der Waals surface area contributed by atoms with E-state index in [1.165, 1.54) is 0 Å². The number of benzene rings is 2. The number of aryl methyl sites for hydroxylation is 1. The summed E-state index contributed by atoms with van der Waals surface area (Å²) in [6.07, 6.45) is 6.83. The number of aliphatic hydroxyl groups excluding tert-OH is 1. The van der Waals surface area contributed by atoms with Crippen LogP contribution in [0.2, 0.25) is 5.02 Å². The molecule has 1 aromatic heterocycles. The zero-order valence-corrected chi connectivity index (χ0v) is 19.4. The fraction of sp³-hybridized carbons (Fsp3) is 0.346. The predicted octanol–water partition coefficient (Wildman–Crippen LogP) is 4.60. The molecule has 1 atom stereocenters. The van der Waals surface area contributed by atoms with E-state index in [1.54, 1.807) is 12.1 Å². The molecule has 0 aliphatic heterocycles. The summed E-state index contributed by atoms with van der Waals surface area (Å²) >= 11 is 6.06. The van der Waals surface area contributed by atoms with E-state index in [1.807, 2.05) is 54.1 Å². The van der Waals surface area contributed by atoms with Gasteiger partial charge in [0, 0.05) is 24.2 Å². The third kappa shape index (κ3) is 6.16. The Labute approximate surface area is 199 Å². The first kappa shape index (κ1) is 23.3. The molecule has 172 valence electrons. The van der Waals surface area contributed by atoms with Crippen molar-refractivity contribution >= 4 is 11.6 Å². The highest BCUT2D eigenvalue weighted by atomic mass is 35.5. The first-order chi connectivity index (χ1) is 16.0. The Balaban J connectivity index is 1.62. The van der Waals surface area contributed by atoms with Crippen molar-refractivity contribution in [3.05, 3.63) is 70.9 Å². The summed E-state index contributed by atoms with van der Waals surface area (Å²) in [7, 11) is 0. The molecule has 4 rings (SSSR count). The summed E-state index contributed by atoms with van der Waals surface area (Å²) in [6.45, 7) is 3.50. The van der Waals surface area contributed by atoms with Gasteiger partial charge < -0.3 is 14.6 Å². The van der Waals surface area contributed by atoms with E-state index in [0.717, 1.165) is 29.8 Å². The van der Waals surface area contributed by atoms with Crippen molar-refractivity contribution in [2.24, 2.45) is 0 Å². The molecule has 7 heteroatoms. The third-order valence-corrected chi connectivity index (χ3v) is 5.78. The molecule has 0 spiro atoms. The topological polar surface area (TPSA) is 59.8 Å². The maximum atomic E-state index is 10.5. The van der Waals surface area contributed by atoms with Crippen LogP contribution in [0.1, 0.15) is 24.1 Å². The maximum Gasteiger partial charge on any atom is 0.227 e. The molecule has 1 aliphatic carbocycles. The van der Waals surface area contributed by atoms with Crippen LogP contribution in [-0.4, -0.2) is 51.7 Å². The number of aliphatic hydroxyl groups is 1. The lowest BCUT2D eigenvalue weighted by atomic mass is 10.2. The molecule has 0 amide bonds. The summed E-state index contributed by atoms with van der Waals surface area (Å²) in [5, 5.41) is 15.9. The average molecular weight is 466 g/mol. The molecule has 0 bridgehead atoms. The normalized spacial score (nSPS) is 14.3. The van der Waals surface area contributed by atoms with Crippen LogP contribution < -0.4 is 4.74 Å². The quantitative estimate of drug-likeness (QED) is 0.331. The first-order valence-electron chi connectivity index (χ1n) is 11.1. The van der Waals surface area contributed by atoms with Crippen LogP contribution in [0.4, 0.5) is 0 Å². The van der Waals surface area contributed by atoms with E-state index in [4.69, 9.17) is 32.6 Å². The van der Waals surface area contributed by atoms with Gasteiger partial charge in [0.2, 0.25) is 5.88 Å². The van der Waals surface area contributed by atoms with E-state index in [-0.39, 0.29) is 13.2 Å². The molecular formula is C26H28ClN3O3. The largest absolute Gasteiger partial charge is 0.439 e. The molecule has 0 saturated heterocycles. The summed E-state index contributed by atoms with van der Waals surface area (Å²) in [6, 6.07) is 17.6. The number of aromatic nitrogens is 2. The second-order valence-electron chi connectivity index (χ2n) is 8.21. The van der Waals surface area contributed by atoms with Gasteiger partial charge >= 0.3 is 0 Å². The van der Waals surface area contributed by atoms with Gasteiger partial charge in [-0.1, -0.05) is 35.7 Å². The van der Waals surface area contributed by atoms with Gasteiger partial charge in [-0.05, 0) is 56.2 Å². The van der Waals surface area contributed by atoms with E-state index >= 15 is 0 Å². The van der Waals surface area contributed by atoms with Crippen LogP contribution in [0.5, 0.6) is 11.6 Å². The Hall–Kier alpha value is -2.82. The number of halogens is 1. The number of nitrogens with zero attached hydrogens (tertiary/aromatic N) is 3. The molecule has 0 radical (unpaired) electrons. The van der Waals surface area contributed by atoms with Crippen LogP contribution in [-0.2, 0) is 11.3 Å². The SMILES string of the molecule is C#CCOC[C@H](O)CN(Cc1c(C)nn(-c2ccccc2)c1Oc1ccc(Cl)cc1)C1CC1. The molecule has 2 aromatic carbocycles. The van der Waals surface area contributed by atoms with Gasteiger partial charge in [0.25, 0.3) is 0 Å². The van der Waals surface area contributed by atoms with Gasteiger partial charge in [0.05, 0.1) is 29.7 Å². The molecule has 1 N–H and O–H groups in total. The number of hydrogen-bond acceptors (Lipinski definition) is 5.